The number of para-hydroxylation sites is 1. The molecule has 0 heterocycles. The fourth-order valence-electron chi connectivity index (χ4n) is 0.622. The van der Waals surface area contributed by atoms with E-state index in [1.54, 1.807) is 11.2 Å². The highest BCUT2D eigenvalue weighted by Gasteiger charge is 2.30. The van der Waals surface area contributed by atoms with Gasteiger partial charge in [-0.1, -0.05) is 18.2 Å². The maximum absolute atomic E-state index is 11.5. The lowest BCUT2D eigenvalue weighted by Gasteiger charge is -2.07. The van der Waals surface area contributed by atoms with Gasteiger partial charge >= 0.3 is 6.36 Å². The predicted octanol–water partition coefficient (Wildman–Crippen LogP) is 3.25. The summed E-state index contributed by atoms with van der Waals surface area (Å²) >= 11 is 3.81. The van der Waals surface area contributed by atoms with Gasteiger partial charge in [-0.15, -0.1) is 13.2 Å². The van der Waals surface area contributed by atoms with Crippen LogP contribution in [0.15, 0.2) is 30.3 Å². The normalized spacial score (nSPS) is 9.36. The van der Waals surface area contributed by atoms with Crippen molar-refractivity contribution in [2.45, 2.75) is 6.36 Å². The van der Waals surface area contributed by atoms with E-state index in [4.69, 9.17) is 5.41 Å². The largest absolute Gasteiger partial charge is 0.573 e. The molecule has 2 nitrogen and oxygen atoms in total. The van der Waals surface area contributed by atoms with Gasteiger partial charge in [-0.25, -0.2) is 5.41 Å². The molecule has 0 amide bonds. The molecule has 0 radical (unpaired) electrons. The quantitative estimate of drug-likeness (QED) is 0.583. The topological polar surface area (TPSA) is 33.1 Å². The van der Waals surface area contributed by atoms with Crippen molar-refractivity contribution in [3.05, 3.63) is 30.3 Å². The van der Waals surface area contributed by atoms with Gasteiger partial charge in [0, 0.05) is 0 Å². The van der Waals surface area contributed by atoms with E-state index in [1.165, 1.54) is 24.3 Å². The highest BCUT2D eigenvalue weighted by molar-refractivity contribution is 7.78. The highest BCUT2D eigenvalue weighted by Crippen LogP contribution is 2.21. The Kier molecular flexibility index (Phi) is 5.52. The third kappa shape index (κ3) is 7.27. The molecule has 14 heavy (non-hydrogen) atoms. The monoisotopic (exact) mass is 221 g/mol. The van der Waals surface area contributed by atoms with E-state index < -0.39 is 6.36 Å². The van der Waals surface area contributed by atoms with E-state index in [9.17, 15) is 13.2 Å². The minimum Gasteiger partial charge on any atom is -0.406 e. The number of thiocarbonyl (C=S) groups is 1. The van der Waals surface area contributed by atoms with Gasteiger partial charge < -0.3 is 4.74 Å². The maximum Gasteiger partial charge on any atom is 0.573 e. The first-order chi connectivity index (χ1) is 6.49. The molecule has 0 atom stereocenters. The van der Waals surface area contributed by atoms with E-state index in [2.05, 4.69) is 17.0 Å². The Morgan fingerprint density at radius 1 is 1.21 bits per heavy atom. The molecule has 1 aromatic carbocycles. The molecule has 1 rings (SSSR count). The van der Waals surface area contributed by atoms with Crippen LogP contribution in [0.2, 0.25) is 0 Å². The summed E-state index contributed by atoms with van der Waals surface area (Å²) in [6, 6.07) is 7.05. The summed E-state index contributed by atoms with van der Waals surface area (Å²) in [7, 11) is 0. The van der Waals surface area contributed by atoms with Crippen LogP contribution in [0.25, 0.3) is 0 Å². The van der Waals surface area contributed by atoms with E-state index >= 15 is 0 Å². The van der Waals surface area contributed by atoms with E-state index in [0.717, 1.165) is 0 Å². The van der Waals surface area contributed by atoms with Gasteiger partial charge in [-0.3, -0.25) is 0 Å². The third-order valence-corrected chi connectivity index (χ3v) is 0.977. The molecule has 0 saturated heterocycles. The van der Waals surface area contributed by atoms with Crippen LogP contribution in [0.4, 0.5) is 13.2 Å². The van der Waals surface area contributed by atoms with E-state index in [1.807, 2.05) is 0 Å². The summed E-state index contributed by atoms with van der Waals surface area (Å²) in [5.74, 6) is -0.194. The molecular formula is C8H6F3NOS. The van der Waals surface area contributed by atoms with E-state index in [0.29, 0.717) is 0 Å². The van der Waals surface area contributed by atoms with Gasteiger partial charge in [0.05, 0.1) is 5.16 Å². The van der Waals surface area contributed by atoms with Crippen molar-refractivity contribution in [3.8, 4) is 5.75 Å². The Bertz CT molecular complexity index is 293. The Balaban J connectivity index is 0.000000500. The SMILES string of the molecule is FC(F)(F)Oc1ccccc1.N=C=S. The van der Waals surface area contributed by atoms with E-state index in [-0.39, 0.29) is 5.75 Å². The zero-order chi connectivity index (χ0) is 11.0. The summed E-state index contributed by atoms with van der Waals surface area (Å²) < 4.78 is 38.2. The number of ether oxygens (including phenoxy) is 1. The van der Waals surface area contributed by atoms with Crippen LogP contribution in [0.3, 0.4) is 0 Å². The van der Waals surface area contributed by atoms with Crippen molar-refractivity contribution in [3.63, 3.8) is 0 Å². The molecule has 1 aromatic rings. The fraction of sp³-hybridized carbons (Fsp3) is 0.125. The molecule has 0 aromatic heterocycles. The zero-order valence-electron chi connectivity index (χ0n) is 6.84. The Labute approximate surface area is 83.8 Å². The van der Waals surface area contributed by atoms with Crippen LogP contribution in [-0.4, -0.2) is 11.5 Å². The lowest BCUT2D eigenvalue weighted by Crippen LogP contribution is -2.16. The Morgan fingerprint density at radius 2 is 1.64 bits per heavy atom. The molecular weight excluding hydrogens is 215 g/mol. The van der Waals surface area contributed by atoms with Gasteiger partial charge in [-0.05, 0) is 24.4 Å². The van der Waals surface area contributed by atoms with Crippen LogP contribution in [0.1, 0.15) is 0 Å². The average Bonchev–Trinajstić information content (AvgIpc) is 2.04. The minimum atomic E-state index is -4.60. The third-order valence-electron chi connectivity index (χ3n) is 0.977. The van der Waals surface area contributed by atoms with Gasteiger partial charge in [0.2, 0.25) is 0 Å². The zero-order valence-corrected chi connectivity index (χ0v) is 7.65. The molecule has 0 unspecified atom stereocenters. The number of isothiocyanates is 1. The van der Waals surface area contributed by atoms with Crippen LogP contribution in [-0.2, 0) is 0 Å². The summed E-state index contributed by atoms with van der Waals surface area (Å²) in [6.07, 6.45) is -4.60. The molecule has 0 aliphatic carbocycles. The predicted molar refractivity (Wildman–Crippen MR) is 48.4 cm³/mol. The highest BCUT2D eigenvalue weighted by atomic mass is 32.1. The van der Waals surface area contributed by atoms with Gasteiger partial charge in [0.15, 0.2) is 0 Å². The second kappa shape index (κ2) is 6.12. The van der Waals surface area contributed by atoms with Crippen LogP contribution in [0.5, 0.6) is 5.75 Å². The number of rotatable bonds is 1. The number of nitrogens with one attached hydrogen (secondary N) is 1. The van der Waals surface area contributed by atoms with Crippen molar-refractivity contribution in [2.75, 3.05) is 0 Å². The van der Waals surface area contributed by atoms with Gasteiger partial charge in [0.25, 0.3) is 0 Å². The minimum absolute atomic E-state index is 0.194. The number of alkyl halides is 3. The molecule has 0 aliphatic heterocycles. The van der Waals surface area contributed by atoms with Gasteiger partial charge in [-0.2, -0.15) is 0 Å². The summed E-state index contributed by atoms with van der Waals surface area (Å²) in [4.78, 5) is 0. The van der Waals surface area contributed by atoms with Crippen molar-refractivity contribution in [1.82, 2.24) is 0 Å². The second-order valence-corrected chi connectivity index (χ2v) is 2.17. The van der Waals surface area contributed by atoms with Crippen LogP contribution in [0, 0.1) is 5.41 Å². The first-order valence-electron chi connectivity index (χ1n) is 3.34. The number of benzene rings is 1. The smallest absolute Gasteiger partial charge is 0.406 e. The van der Waals surface area contributed by atoms with Gasteiger partial charge in [0.1, 0.15) is 5.75 Å². The first-order valence-corrected chi connectivity index (χ1v) is 3.75. The van der Waals surface area contributed by atoms with Crippen LogP contribution >= 0.6 is 12.2 Å². The van der Waals surface area contributed by atoms with Crippen molar-refractivity contribution in [1.29, 1.82) is 5.41 Å². The summed E-state index contributed by atoms with van der Waals surface area (Å²) in [5, 5.41) is 7.36. The maximum atomic E-state index is 11.5. The molecule has 0 saturated carbocycles. The average molecular weight is 221 g/mol. The number of hydrogen-bond acceptors (Lipinski definition) is 3. The standard InChI is InChI=1S/C7H5F3O.CHNS/c8-7(9,10)11-6-4-2-1-3-5-6;2-1-3/h1-5H;2H. The molecule has 0 bridgehead atoms. The Hall–Kier alpha value is -1.39. The molecule has 0 aliphatic rings. The lowest BCUT2D eigenvalue weighted by molar-refractivity contribution is -0.274. The summed E-state index contributed by atoms with van der Waals surface area (Å²) in [6.45, 7) is 0. The van der Waals surface area contributed by atoms with Crippen LogP contribution < -0.4 is 4.74 Å². The molecule has 76 valence electrons. The van der Waals surface area contributed by atoms with Crippen molar-refractivity contribution < 1.29 is 17.9 Å². The summed E-state index contributed by atoms with van der Waals surface area (Å²) in [5.41, 5.74) is 0. The fourth-order valence-corrected chi connectivity index (χ4v) is 0.622. The molecule has 0 fully saturated rings. The van der Waals surface area contributed by atoms with Crippen molar-refractivity contribution in [2.24, 2.45) is 0 Å². The second-order valence-electron chi connectivity index (χ2n) is 1.96. The lowest BCUT2D eigenvalue weighted by atomic mass is 10.3. The number of halogens is 3. The molecule has 6 heteroatoms. The molecule has 1 N–H and O–H groups in total. The van der Waals surface area contributed by atoms with Crippen molar-refractivity contribution >= 4 is 17.4 Å². The molecule has 0 spiro atoms. The number of hydrogen-bond donors (Lipinski definition) is 1. The Morgan fingerprint density at radius 3 is 2.00 bits per heavy atom. The first kappa shape index (κ1) is 12.6.